The summed E-state index contributed by atoms with van der Waals surface area (Å²) < 4.78 is 16.9. The summed E-state index contributed by atoms with van der Waals surface area (Å²) in [7, 11) is 0.754. The lowest BCUT2D eigenvalue weighted by molar-refractivity contribution is 0.371. The van der Waals surface area contributed by atoms with Gasteiger partial charge in [0.1, 0.15) is 0 Å². The Balaban J connectivity index is 2.50. The first-order valence-electron chi connectivity index (χ1n) is 6.04. The largest absolute Gasteiger partial charge is 0.503 e. The van der Waals surface area contributed by atoms with Gasteiger partial charge >= 0.3 is 0 Å². The number of ether oxygens (including phenoxy) is 1. The van der Waals surface area contributed by atoms with Crippen LogP contribution in [-0.4, -0.2) is 34.5 Å². The maximum absolute atomic E-state index is 11.2. The number of aromatic hydroxyl groups is 1. The molecule has 0 aromatic heterocycles. The molecule has 0 bridgehead atoms. The predicted octanol–water partition coefficient (Wildman–Crippen LogP) is 2.41. The Hall–Kier alpha value is -0.590. The van der Waals surface area contributed by atoms with Crippen molar-refractivity contribution in [3.05, 3.63) is 22.2 Å². The van der Waals surface area contributed by atoms with Crippen LogP contribution in [-0.2, 0) is 17.3 Å². The van der Waals surface area contributed by atoms with E-state index < -0.39 is 10.8 Å². The van der Waals surface area contributed by atoms with E-state index in [1.165, 1.54) is 7.11 Å². The van der Waals surface area contributed by atoms with E-state index in [-0.39, 0.29) is 11.0 Å². The van der Waals surface area contributed by atoms with E-state index in [1.807, 2.05) is 13.0 Å². The van der Waals surface area contributed by atoms with Crippen molar-refractivity contribution in [2.45, 2.75) is 25.1 Å². The number of phenolic OH excluding ortho intramolecular Hbond substituents is 1. The highest BCUT2D eigenvalue weighted by Gasteiger charge is 2.09. The molecule has 0 saturated heterocycles. The van der Waals surface area contributed by atoms with Gasteiger partial charge < -0.3 is 15.2 Å². The van der Waals surface area contributed by atoms with Gasteiger partial charge in [0.15, 0.2) is 11.5 Å². The van der Waals surface area contributed by atoms with Gasteiger partial charge in [-0.25, -0.2) is 0 Å². The number of rotatable bonds is 7. The Morgan fingerprint density at radius 2 is 2.21 bits per heavy atom. The molecule has 0 aliphatic rings. The average Bonchev–Trinajstić information content (AvgIpc) is 2.37. The molecule has 2 unspecified atom stereocenters. The molecule has 2 N–H and O–H groups in total. The summed E-state index contributed by atoms with van der Waals surface area (Å²) in [5.74, 6) is 0.565. The molecule has 0 saturated carbocycles. The molecule has 0 heterocycles. The van der Waals surface area contributed by atoms with Crippen molar-refractivity contribution < 1.29 is 14.1 Å². The first-order chi connectivity index (χ1) is 8.95. The van der Waals surface area contributed by atoms with E-state index in [0.29, 0.717) is 16.8 Å². The first kappa shape index (κ1) is 16.5. The molecule has 1 rings (SSSR count). The van der Waals surface area contributed by atoms with Gasteiger partial charge in [0.2, 0.25) is 0 Å². The van der Waals surface area contributed by atoms with Crippen LogP contribution in [0.4, 0.5) is 0 Å². The Bertz CT molecular complexity index is 454. The van der Waals surface area contributed by atoms with E-state index in [2.05, 4.69) is 21.2 Å². The Kier molecular flexibility index (Phi) is 6.82. The van der Waals surface area contributed by atoms with Crippen LogP contribution < -0.4 is 10.1 Å². The second kappa shape index (κ2) is 7.87. The maximum Gasteiger partial charge on any atom is 0.172 e. The number of phenols is 1. The third-order valence-corrected chi connectivity index (χ3v) is 4.90. The predicted molar refractivity (Wildman–Crippen MR) is 82.2 cm³/mol. The van der Waals surface area contributed by atoms with Crippen molar-refractivity contribution in [2.24, 2.45) is 0 Å². The SMILES string of the molecule is COc1cc(CNCCC(C)S(C)=O)cc(Br)c1O. The number of nitrogens with one attached hydrogen (secondary N) is 1. The fourth-order valence-electron chi connectivity index (χ4n) is 1.59. The van der Waals surface area contributed by atoms with E-state index >= 15 is 0 Å². The fourth-order valence-corrected chi connectivity index (χ4v) is 2.53. The average molecular weight is 350 g/mol. The van der Waals surface area contributed by atoms with Crippen LogP contribution in [0.1, 0.15) is 18.9 Å². The Morgan fingerprint density at radius 1 is 1.53 bits per heavy atom. The lowest BCUT2D eigenvalue weighted by Crippen LogP contribution is -2.20. The molecule has 2 atom stereocenters. The summed E-state index contributed by atoms with van der Waals surface area (Å²) in [6.07, 6.45) is 2.60. The molecule has 0 spiro atoms. The van der Waals surface area contributed by atoms with Crippen LogP contribution >= 0.6 is 15.9 Å². The first-order valence-corrected chi connectivity index (χ1v) is 8.45. The lowest BCUT2D eigenvalue weighted by Gasteiger charge is -2.11. The summed E-state index contributed by atoms with van der Waals surface area (Å²) >= 11 is 3.29. The zero-order chi connectivity index (χ0) is 14.4. The molecule has 0 amide bonds. The summed E-state index contributed by atoms with van der Waals surface area (Å²) in [5, 5.41) is 13.2. The molecule has 1 aromatic carbocycles. The van der Waals surface area contributed by atoms with Gasteiger partial charge in [-0.1, -0.05) is 6.92 Å². The highest BCUT2D eigenvalue weighted by atomic mass is 79.9. The molecular formula is C13H20BrNO3S. The van der Waals surface area contributed by atoms with Crippen molar-refractivity contribution in [1.82, 2.24) is 5.32 Å². The van der Waals surface area contributed by atoms with Crippen LogP contribution in [0.2, 0.25) is 0 Å². The van der Waals surface area contributed by atoms with Crippen molar-refractivity contribution in [1.29, 1.82) is 0 Å². The molecule has 0 radical (unpaired) electrons. The lowest BCUT2D eigenvalue weighted by atomic mass is 10.2. The Labute approximate surface area is 125 Å². The van der Waals surface area contributed by atoms with E-state index in [9.17, 15) is 9.32 Å². The third kappa shape index (κ3) is 5.12. The number of halogens is 1. The fraction of sp³-hybridized carbons (Fsp3) is 0.538. The summed E-state index contributed by atoms with van der Waals surface area (Å²) in [5.41, 5.74) is 1.02. The quantitative estimate of drug-likeness (QED) is 0.742. The minimum absolute atomic E-state index is 0.112. The van der Waals surface area contributed by atoms with E-state index in [0.717, 1.165) is 18.5 Å². The van der Waals surface area contributed by atoms with Crippen molar-refractivity contribution >= 4 is 26.7 Å². The molecule has 1 aromatic rings. The maximum atomic E-state index is 11.2. The van der Waals surface area contributed by atoms with Crippen LogP contribution in [0.3, 0.4) is 0 Å². The normalized spacial score (nSPS) is 14.1. The molecule has 0 fully saturated rings. The van der Waals surface area contributed by atoms with Crippen molar-refractivity contribution in [2.75, 3.05) is 19.9 Å². The standard InChI is InChI=1S/C13H20BrNO3S/c1-9(19(3)17)4-5-15-8-10-6-11(14)13(16)12(7-10)18-2/h6-7,9,15-16H,4-5,8H2,1-3H3. The molecule has 4 nitrogen and oxygen atoms in total. The number of hydrogen-bond acceptors (Lipinski definition) is 4. The second-order valence-corrected chi connectivity index (χ2v) is 7.06. The van der Waals surface area contributed by atoms with Crippen LogP contribution in [0.25, 0.3) is 0 Å². The van der Waals surface area contributed by atoms with Crippen LogP contribution in [0.5, 0.6) is 11.5 Å². The molecule has 0 aliphatic carbocycles. The van der Waals surface area contributed by atoms with Gasteiger partial charge in [0, 0.05) is 28.9 Å². The third-order valence-electron chi connectivity index (χ3n) is 2.93. The van der Waals surface area contributed by atoms with E-state index in [1.54, 1.807) is 12.3 Å². The summed E-state index contributed by atoms with van der Waals surface area (Å²) in [6.45, 7) is 3.47. The molecular weight excluding hydrogens is 330 g/mol. The topological polar surface area (TPSA) is 58.6 Å². The zero-order valence-electron chi connectivity index (χ0n) is 11.4. The minimum Gasteiger partial charge on any atom is -0.503 e. The summed E-state index contributed by atoms with van der Waals surface area (Å²) in [4.78, 5) is 0. The molecule has 6 heteroatoms. The number of methoxy groups -OCH3 is 1. The monoisotopic (exact) mass is 349 g/mol. The van der Waals surface area contributed by atoms with Crippen molar-refractivity contribution in [3.63, 3.8) is 0 Å². The van der Waals surface area contributed by atoms with Gasteiger partial charge in [-0.15, -0.1) is 0 Å². The number of hydrogen-bond donors (Lipinski definition) is 2. The zero-order valence-corrected chi connectivity index (χ0v) is 13.8. The minimum atomic E-state index is -0.771. The highest BCUT2D eigenvalue weighted by Crippen LogP contribution is 2.35. The Morgan fingerprint density at radius 3 is 2.79 bits per heavy atom. The van der Waals surface area contributed by atoms with Gasteiger partial charge in [0.25, 0.3) is 0 Å². The van der Waals surface area contributed by atoms with Crippen molar-refractivity contribution in [3.8, 4) is 11.5 Å². The molecule has 0 aliphatic heterocycles. The second-order valence-electron chi connectivity index (χ2n) is 4.40. The van der Waals surface area contributed by atoms with Crippen LogP contribution in [0, 0.1) is 0 Å². The van der Waals surface area contributed by atoms with Gasteiger partial charge in [-0.3, -0.25) is 4.21 Å². The smallest absolute Gasteiger partial charge is 0.172 e. The number of benzene rings is 1. The van der Waals surface area contributed by atoms with Gasteiger partial charge in [-0.05, 0) is 46.6 Å². The van der Waals surface area contributed by atoms with Gasteiger partial charge in [-0.2, -0.15) is 0 Å². The molecule has 108 valence electrons. The molecule has 19 heavy (non-hydrogen) atoms. The van der Waals surface area contributed by atoms with Gasteiger partial charge in [0.05, 0.1) is 11.6 Å². The summed E-state index contributed by atoms with van der Waals surface area (Å²) in [6, 6.07) is 3.65. The van der Waals surface area contributed by atoms with E-state index in [4.69, 9.17) is 4.74 Å². The van der Waals surface area contributed by atoms with Crippen LogP contribution in [0.15, 0.2) is 16.6 Å². The highest BCUT2D eigenvalue weighted by molar-refractivity contribution is 9.10.